The average Bonchev–Trinajstić information content (AvgIpc) is 3.82. The zero-order chi connectivity index (χ0) is 41.3. The summed E-state index contributed by atoms with van der Waals surface area (Å²) < 4.78 is 0. The van der Waals surface area contributed by atoms with Crippen molar-refractivity contribution in [2.24, 2.45) is 0 Å². The molecule has 15 rings (SSSR count). The van der Waals surface area contributed by atoms with Crippen LogP contribution in [-0.4, -0.2) is 5.48 Å². The molecule has 0 saturated carbocycles. The summed E-state index contributed by atoms with van der Waals surface area (Å²) in [5, 5.41) is 11.0. The molecule has 0 amide bonds. The lowest BCUT2D eigenvalue weighted by atomic mass is 9.61. The predicted molar refractivity (Wildman–Crippen MR) is 270 cm³/mol. The second-order valence-corrected chi connectivity index (χ2v) is 17.8. The van der Waals surface area contributed by atoms with Gasteiger partial charge in [-0.2, -0.15) is 0 Å². The molecule has 11 aromatic carbocycles. The topological polar surface area (TPSA) is 69.7 Å². The normalized spacial score (nSPS) is 14.4. The van der Waals surface area contributed by atoms with Gasteiger partial charge in [0.15, 0.2) is 0 Å². The van der Waals surface area contributed by atoms with Crippen LogP contribution < -0.4 is 11.1 Å². The molecule has 310 valence electrons. The average molecular weight is 835 g/mol. The molecule has 4 aliphatic rings. The molecule has 2 spiro atoms. The van der Waals surface area contributed by atoms with Crippen molar-refractivity contribution in [1.29, 1.82) is 0 Å². The van der Waals surface area contributed by atoms with Crippen LogP contribution in [0.3, 0.4) is 0 Å². The van der Waals surface area contributed by atoms with Gasteiger partial charge in [-0.15, -0.1) is 0 Å². The van der Waals surface area contributed by atoms with Gasteiger partial charge >= 0.3 is 0 Å². The Morgan fingerprint density at radius 1 is 0.308 bits per heavy atom. The number of hydrogen-bond donors (Lipinski definition) is 1. The van der Waals surface area contributed by atoms with Gasteiger partial charge in [0.25, 0.3) is 0 Å². The fraction of sp³-hybridized carbons (Fsp3) is 0.0645. The molecular formula is C62H46N2O. The quantitative estimate of drug-likeness (QED) is 0.176. The Balaban J connectivity index is 0.000000136. The first-order chi connectivity index (χ1) is 31.3. The molecular weight excluding hydrogens is 789 g/mol. The minimum atomic E-state index is -0.330. The van der Waals surface area contributed by atoms with Crippen LogP contribution in [0.25, 0.3) is 43.1 Å². The van der Waals surface area contributed by atoms with Crippen molar-refractivity contribution in [2.45, 2.75) is 23.8 Å². The Hall–Kier alpha value is -7.82. The van der Waals surface area contributed by atoms with Crippen molar-refractivity contribution in [3.05, 3.63) is 286 Å². The minimum absolute atomic E-state index is 0. The van der Waals surface area contributed by atoms with Crippen LogP contribution in [0.15, 0.2) is 224 Å². The summed E-state index contributed by atoms with van der Waals surface area (Å²) in [6.07, 6.45) is 1.01. The lowest BCUT2D eigenvalue weighted by Gasteiger charge is -2.45. The van der Waals surface area contributed by atoms with Crippen molar-refractivity contribution >= 4 is 54.5 Å². The van der Waals surface area contributed by atoms with E-state index in [1.54, 1.807) is 0 Å². The van der Waals surface area contributed by atoms with E-state index in [0.717, 1.165) is 13.0 Å². The molecule has 65 heavy (non-hydrogen) atoms. The van der Waals surface area contributed by atoms with Gasteiger partial charge in [0.05, 0.1) is 10.8 Å². The first-order valence-corrected chi connectivity index (χ1v) is 22.3. The number of benzene rings is 11. The van der Waals surface area contributed by atoms with E-state index in [1.165, 1.54) is 116 Å². The molecule has 0 fully saturated rings. The summed E-state index contributed by atoms with van der Waals surface area (Å²) in [6, 6.07) is 83.6. The van der Waals surface area contributed by atoms with Gasteiger partial charge in [-0.25, -0.2) is 0 Å². The van der Waals surface area contributed by atoms with E-state index < -0.39 is 0 Å². The Morgan fingerprint density at radius 3 is 1.05 bits per heavy atom. The summed E-state index contributed by atoms with van der Waals surface area (Å²) >= 11 is 0. The van der Waals surface area contributed by atoms with Gasteiger partial charge in [-0.05, 0) is 123 Å². The standard InChI is InChI=1S/C34H23N.C28H18.H3N.H2O/c1-2-10-23(11-3-1)22-35-30-18-6-4-14-26(30)34(27-15-5-7-19-31(27)35)28-16-8-12-24-20-21-25-13-9-17-29(34)33(25)32(24)28;1-3-11-22-20(7-1)17-21-8-2-4-12-23(21)28(22)24-13-5-9-18-15-16-19-10-6-14-25(28)27(19)26(18)24;;/h1-21H,22H2;1-16H,17H2;1H3;1H2. The molecule has 1 heterocycles. The van der Waals surface area contributed by atoms with E-state index in [0.29, 0.717) is 0 Å². The third-order valence-electron chi connectivity index (χ3n) is 15.0. The summed E-state index contributed by atoms with van der Waals surface area (Å²) in [4.78, 5) is 2.51. The molecule has 5 N–H and O–H groups in total. The van der Waals surface area contributed by atoms with Gasteiger partial charge in [-0.3, -0.25) is 0 Å². The molecule has 0 aromatic heterocycles. The molecule has 11 aromatic rings. The second kappa shape index (κ2) is 14.4. The van der Waals surface area contributed by atoms with Gasteiger partial charge in [0, 0.05) is 17.9 Å². The third kappa shape index (κ3) is 4.97. The Labute approximate surface area is 378 Å². The highest BCUT2D eigenvalue weighted by Gasteiger charge is 2.51. The van der Waals surface area contributed by atoms with E-state index in [2.05, 4.69) is 229 Å². The summed E-state index contributed by atoms with van der Waals surface area (Å²) in [6.45, 7) is 0.840. The van der Waals surface area contributed by atoms with Crippen LogP contribution in [0.2, 0.25) is 0 Å². The molecule has 0 unspecified atom stereocenters. The van der Waals surface area contributed by atoms with Gasteiger partial charge in [0.2, 0.25) is 0 Å². The largest absolute Gasteiger partial charge is 0.412 e. The maximum atomic E-state index is 2.51. The monoisotopic (exact) mass is 834 g/mol. The smallest absolute Gasteiger partial charge is 0.0754 e. The molecule has 3 aliphatic carbocycles. The highest BCUT2D eigenvalue weighted by Crippen LogP contribution is 2.62. The van der Waals surface area contributed by atoms with Gasteiger partial charge in [0.1, 0.15) is 0 Å². The number of anilines is 2. The van der Waals surface area contributed by atoms with E-state index in [-0.39, 0.29) is 22.5 Å². The number of nitrogens with zero attached hydrogens (tertiary/aromatic N) is 1. The Kier molecular flexibility index (Phi) is 8.57. The van der Waals surface area contributed by atoms with Crippen LogP contribution in [0.5, 0.6) is 0 Å². The number of hydrogen-bond acceptors (Lipinski definition) is 2. The molecule has 0 radical (unpaired) electrons. The predicted octanol–water partition coefficient (Wildman–Crippen LogP) is 14.3. The van der Waals surface area contributed by atoms with Gasteiger partial charge < -0.3 is 16.5 Å². The maximum absolute atomic E-state index is 2.51. The van der Waals surface area contributed by atoms with Gasteiger partial charge in [-0.1, -0.05) is 212 Å². The summed E-state index contributed by atoms with van der Waals surface area (Å²) in [5.74, 6) is 0. The van der Waals surface area contributed by atoms with Crippen molar-refractivity contribution in [2.75, 3.05) is 4.90 Å². The molecule has 0 saturated heterocycles. The molecule has 3 heteroatoms. The van der Waals surface area contributed by atoms with E-state index in [4.69, 9.17) is 0 Å². The fourth-order valence-corrected chi connectivity index (χ4v) is 12.7. The van der Waals surface area contributed by atoms with E-state index in [9.17, 15) is 0 Å². The van der Waals surface area contributed by atoms with Crippen LogP contribution in [0.4, 0.5) is 11.4 Å². The number of para-hydroxylation sites is 2. The van der Waals surface area contributed by atoms with Crippen molar-refractivity contribution in [3.8, 4) is 0 Å². The highest BCUT2D eigenvalue weighted by atomic mass is 16.0. The summed E-state index contributed by atoms with van der Waals surface area (Å²) in [7, 11) is 0. The van der Waals surface area contributed by atoms with Crippen molar-refractivity contribution in [3.63, 3.8) is 0 Å². The number of rotatable bonds is 2. The van der Waals surface area contributed by atoms with Crippen LogP contribution >= 0.6 is 0 Å². The Bertz CT molecular complexity index is 3500. The molecule has 0 bridgehead atoms. The van der Waals surface area contributed by atoms with Crippen LogP contribution in [-0.2, 0) is 23.8 Å². The van der Waals surface area contributed by atoms with Crippen molar-refractivity contribution in [1.82, 2.24) is 6.15 Å². The summed E-state index contributed by atoms with van der Waals surface area (Å²) in [5.41, 5.74) is 17.6. The minimum Gasteiger partial charge on any atom is -0.412 e. The Morgan fingerprint density at radius 2 is 0.631 bits per heavy atom. The molecule has 0 atom stereocenters. The SMILES string of the molecule is N.O.c1ccc(CN2c3ccccc3C3(c4ccccc42)c2cccc4ccc5cccc3c5c24)cc1.c1ccc2c(c1)Cc1ccccc1C21c2cccc3ccc4cccc1c4c23. The van der Waals surface area contributed by atoms with Crippen LogP contribution in [0, 0.1) is 0 Å². The first kappa shape index (κ1) is 38.8. The number of fused-ring (bicyclic) bond motifs is 12. The lowest BCUT2D eigenvalue weighted by Crippen LogP contribution is -2.37. The highest BCUT2D eigenvalue weighted by molar-refractivity contribution is 6.18. The zero-order valence-corrected chi connectivity index (χ0v) is 35.9. The zero-order valence-electron chi connectivity index (χ0n) is 35.9. The molecule has 1 aliphatic heterocycles. The second-order valence-electron chi connectivity index (χ2n) is 17.8. The van der Waals surface area contributed by atoms with E-state index in [1.807, 2.05) is 0 Å². The van der Waals surface area contributed by atoms with E-state index >= 15 is 0 Å². The first-order valence-electron chi connectivity index (χ1n) is 22.3. The van der Waals surface area contributed by atoms with Crippen molar-refractivity contribution < 1.29 is 5.48 Å². The lowest BCUT2D eigenvalue weighted by molar-refractivity contribution is 0.724. The maximum Gasteiger partial charge on any atom is 0.0754 e. The van der Waals surface area contributed by atoms with Crippen LogP contribution in [0.1, 0.15) is 61.2 Å². The third-order valence-corrected chi connectivity index (χ3v) is 15.0. The fourth-order valence-electron chi connectivity index (χ4n) is 12.7. The molecule has 3 nitrogen and oxygen atoms in total.